The van der Waals surface area contributed by atoms with Gasteiger partial charge in [-0.3, -0.25) is 0 Å². The number of hydrogen-bond acceptors (Lipinski definition) is 2. The molecule has 2 rings (SSSR count). The van der Waals surface area contributed by atoms with Gasteiger partial charge in [0.25, 0.3) is 0 Å². The summed E-state index contributed by atoms with van der Waals surface area (Å²) in [5, 5.41) is 11.9. The van der Waals surface area contributed by atoms with Crippen molar-refractivity contribution in [2.75, 3.05) is 0 Å². The predicted octanol–water partition coefficient (Wildman–Crippen LogP) is 1.96. The van der Waals surface area contributed by atoms with Gasteiger partial charge in [-0.05, 0) is 17.7 Å². The minimum absolute atomic E-state index is 0.760. The Hall–Kier alpha value is -1.38. The van der Waals surface area contributed by atoms with E-state index in [1.54, 1.807) is 6.92 Å². The molecule has 0 radical (unpaired) electrons. The molecule has 0 amide bonds. The smallest absolute Gasteiger partial charge is 0.137 e. The number of hydrogen-bond donors (Lipinski definition) is 2. The van der Waals surface area contributed by atoms with Crippen molar-refractivity contribution in [1.82, 2.24) is 0 Å². The summed E-state index contributed by atoms with van der Waals surface area (Å²) in [5.74, 6) is 0. The molecule has 0 saturated heterocycles. The Kier molecular flexibility index (Phi) is 2.02. The van der Waals surface area contributed by atoms with Gasteiger partial charge in [0, 0.05) is 5.56 Å². The normalized spacial score (nSPS) is 15.4. The fourth-order valence-electron chi connectivity index (χ4n) is 1.67. The highest BCUT2D eigenvalue weighted by Crippen LogP contribution is 2.24. The number of benzene rings is 2. The van der Waals surface area contributed by atoms with E-state index in [0.717, 1.165) is 16.3 Å². The molecule has 0 saturated carbocycles. The van der Waals surface area contributed by atoms with Gasteiger partial charge in [0.1, 0.15) is 5.72 Å². The standard InChI is InChI=1S/C12H13NO/c1-12(13,14)11-8-4-6-9-5-2-3-7-10(9)11/h2-8,14H,13H2,1H3/t12-/m0/s1. The minimum Gasteiger partial charge on any atom is -0.372 e. The van der Waals surface area contributed by atoms with Crippen LogP contribution >= 0.6 is 0 Å². The SMILES string of the molecule is C[C@](N)(O)c1cccc2ccccc12. The lowest BCUT2D eigenvalue weighted by molar-refractivity contribution is 0.0663. The van der Waals surface area contributed by atoms with Crippen LogP contribution in [0.3, 0.4) is 0 Å². The first kappa shape index (κ1) is 9.19. The Morgan fingerprint density at radius 1 is 1.07 bits per heavy atom. The van der Waals surface area contributed by atoms with Crippen LogP contribution in [0.15, 0.2) is 42.5 Å². The molecule has 2 aromatic rings. The molecule has 0 aliphatic rings. The van der Waals surface area contributed by atoms with Crippen molar-refractivity contribution in [2.24, 2.45) is 5.73 Å². The van der Waals surface area contributed by atoms with Gasteiger partial charge in [-0.15, -0.1) is 0 Å². The average molecular weight is 187 g/mol. The lowest BCUT2D eigenvalue weighted by atomic mass is 9.98. The van der Waals surface area contributed by atoms with Crippen LogP contribution in [0.4, 0.5) is 0 Å². The van der Waals surface area contributed by atoms with Gasteiger partial charge in [0.2, 0.25) is 0 Å². The fourth-order valence-corrected chi connectivity index (χ4v) is 1.67. The number of rotatable bonds is 1. The zero-order chi connectivity index (χ0) is 10.2. The topological polar surface area (TPSA) is 46.2 Å². The average Bonchev–Trinajstić information content (AvgIpc) is 2.15. The van der Waals surface area contributed by atoms with E-state index in [2.05, 4.69) is 0 Å². The van der Waals surface area contributed by atoms with Crippen molar-refractivity contribution in [3.05, 3.63) is 48.0 Å². The molecule has 0 fully saturated rings. The molecule has 2 nitrogen and oxygen atoms in total. The van der Waals surface area contributed by atoms with Gasteiger partial charge in [-0.2, -0.15) is 0 Å². The molecule has 2 heteroatoms. The second-order valence-electron chi connectivity index (χ2n) is 3.67. The van der Waals surface area contributed by atoms with Crippen molar-refractivity contribution in [3.63, 3.8) is 0 Å². The lowest BCUT2D eigenvalue weighted by Crippen LogP contribution is -2.32. The van der Waals surface area contributed by atoms with E-state index in [0.29, 0.717) is 0 Å². The second-order valence-corrected chi connectivity index (χ2v) is 3.67. The largest absolute Gasteiger partial charge is 0.372 e. The zero-order valence-corrected chi connectivity index (χ0v) is 8.07. The Balaban J connectivity index is 2.78. The lowest BCUT2D eigenvalue weighted by Gasteiger charge is -2.19. The molecule has 0 aliphatic heterocycles. The van der Waals surface area contributed by atoms with Crippen molar-refractivity contribution in [1.29, 1.82) is 0 Å². The highest BCUT2D eigenvalue weighted by molar-refractivity contribution is 5.86. The van der Waals surface area contributed by atoms with Crippen LogP contribution in [0, 0.1) is 0 Å². The summed E-state index contributed by atoms with van der Waals surface area (Å²) in [7, 11) is 0. The molecule has 0 bridgehead atoms. The van der Waals surface area contributed by atoms with Crippen molar-refractivity contribution < 1.29 is 5.11 Å². The molecule has 3 N–H and O–H groups in total. The Bertz CT molecular complexity index is 452. The third-order valence-electron chi connectivity index (χ3n) is 2.33. The first-order valence-corrected chi connectivity index (χ1v) is 4.58. The molecule has 0 unspecified atom stereocenters. The molecule has 0 heterocycles. The van der Waals surface area contributed by atoms with Crippen LogP contribution < -0.4 is 5.73 Å². The van der Waals surface area contributed by atoms with E-state index in [1.165, 1.54) is 0 Å². The Morgan fingerprint density at radius 2 is 1.71 bits per heavy atom. The molecule has 0 aromatic heterocycles. The summed E-state index contributed by atoms with van der Waals surface area (Å²) in [5.41, 5.74) is 5.16. The maximum absolute atomic E-state index is 9.76. The van der Waals surface area contributed by atoms with E-state index in [-0.39, 0.29) is 0 Å². The molecule has 72 valence electrons. The Labute approximate surface area is 83.0 Å². The molecule has 1 atom stereocenters. The van der Waals surface area contributed by atoms with E-state index in [9.17, 15) is 5.11 Å². The number of fused-ring (bicyclic) bond motifs is 1. The highest BCUT2D eigenvalue weighted by Gasteiger charge is 2.18. The monoisotopic (exact) mass is 187 g/mol. The van der Waals surface area contributed by atoms with Gasteiger partial charge in [0.15, 0.2) is 0 Å². The zero-order valence-electron chi connectivity index (χ0n) is 8.07. The van der Waals surface area contributed by atoms with Crippen LogP contribution in [-0.2, 0) is 5.72 Å². The summed E-state index contributed by atoms with van der Waals surface area (Å²) < 4.78 is 0. The van der Waals surface area contributed by atoms with Gasteiger partial charge in [0.05, 0.1) is 0 Å². The number of aliphatic hydroxyl groups is 1. The summed E-state index contributed by atoms with van der Waals surface area (Å²) in [6.07, 6.45) is 0. The van der Waals surface area contributed by atoms with Gasteiger partial charge >= 0.3 is 0 Å². The van der Waals surface area contributed by atoms with E-state index in [4.69, 9.17) is 5.73 Å². The molecule has 0 spiro atoms. The molecule has 0 aliphatic carbocycles. The van der Waals surface area contributed by atoms with Crippen LogP contribution in [0.25, 0.3) is 10.8 Å². The maximum Gasteiger partial charge on any atom is 0.137 e. The summed E-state index contributed by atoms with van der Waals surface area (Å²) >= 11 is 0. The first-order chi connectivity index (χ1) is 6.59. The summed E-state index contributed by atoms with van der Waals surface area (Å²) in [6, 6.07) is 13.6. The molecular weight excluding hydrogens is 174 g/mol. The third kappa shape index (κ3) is 1.50. The van der Waals surface area contributed by atoms with Crippen molar-refractivity contribution in [2.45, 2.75) is 12.6 Å². The summed E-state index contributed by atoms with van der Waals surface area (Å²) in [4.78, 5) is 0. The van der Waals surface area contributed by atoms with Crippen LogP contribution in [0.5, 0.6) is 0 Å². The predicted molar refractivity (Wildman–Crippen MR) is 57.7 cm³/mol. The number of nitrogens with two attached hydrogens (primary N) is 1. The fraction of sp³-hybridized carbons (Fsp3) is 0.167. The van der Waals surface area contributed by atoms with Crippen LogP contribution in [0.1, 0.15) is 12.5 Å². The van der Waals surface area contributed by atoms with Crippen LogP contribution in [-0.4, -0.2) is 5.11 Å². The minimum atomic E-state index is -1.28. The molecule has 14 heavy (non-hydrogen) atoms. The van der Waals surface area contributed by atoms with Gasteiger partial charge in [-0.1, -0.05) is 42.5 Å². The highest BCUT2D eigenvalue weighted by atomic mass is 16.3. The quantitative estimate of drug-likeness (QED) is 0.670. The third-order valence-corrected chi connectivity index (χ3v) is 2.33. The van der Waals surface area contributed by atoms with E-state index < -0.39 is 5.72 Å². The van der Waals surface area contributed by atoms with E-state index in [1.807, 2.05) is 42.5 Å². The van der Waals surface area contributed by atoms with Crippen LogP contribution in [0.2, 0.25) is 0 Å². The molecular formula is C12H13NO. The summed E-state index contributed by atoms with van der Waals surface area (Å²) in [6.45, 7) is 1.59. The van der Waals surface area contributed by atoms with Crippen molar-refractivity contribution >= 4 is 10.8 Å². The van der Waals surface area contributed by atoms with Crippen molar-refractivity contribution in [3.8, 4) is 0 Å². The second kappa shape index (κ2) is 3.08. The Morgan fingerprint density at radius 3 is 2.43 bits per heavy atom. The first-order valence-electron chi connectivity index (χ1n) is 4.58. The van der Waals surface area contributed by atoms with E-state index >= 15 is 0 Å². The van der Waals surface area contributed by atoms with Gasteiger partial charge in [-0.25, -0.2) is 0 Å². The molecule has 2 aromatic carbocycles. The van der Waals surface area contributed by atoms with Gasteiger partial charge < -0.3 is 10.8 Å². The maximum atomic E-state index is 9.76.